The van der Waals surface area contributed by atoms with Crippen LogP contribution in [-0.2, 0) is 0 Å². The highest BCUT2D eigenvalue weighted by Gasteiger charge is 2.21. The van der Waals surface area contributed by atoms with Crippen molar-refractivity contribution < 1.29 is 4.79 Å². The molecule has 3 rings (SSSR count). The number of hydrogen-bond donors (Lipinski definition) is 1. The van der Waals surface area contributed by atoms with Gasteiger partial charge in [0.2, 0.25) is 5.95 Å². The summed E-state index contributed by atoms with van der Waals surface area (Å²) in [5.74, 6) is 1.23. The van der Waals surface area contributed by atoms with Gasteiger partial charge in [0.05, 0.1) is 5.56 Å². The Kier molecular flexibility index (Phi) is 6.49. The average molecular weight is 382 g/mol. The van der Waals surface area contributed by atoms with Gasteiger partial charge < -0.3 is 15.1 Å². The number of aryl methyl sites for hydroxylation is 1. The molecule has 1 fully saturated rings. The van der Waals surface area contributed by atoms with Gasteiger partial charge in [0.1, 0.15) is 0 Å². The molecule has 6 heteroatoms. The molecule has 0 spiro atoms. The first kappa shape index (κ1) is 20.1. The Morgan fingerprint density at radius 2 is 1.82 bits per heavy atom. The Bertz CT molecular complexity index is 793. The number of anilines is 3. The van der Waals surface area contributed by atoms with E-state index in [0.29, 0.717) is 17.4 Å². The number of amides is 1. The second kappa shape index (κ2) is 9.04. The van der Waals surface area contributed by atoms with Gasteiger partial charge in [-0.05, 0) is 63.3 Å². The highest BCUT2D eigenvalue weighted by atomic mass is 16.2. The molecule has 0 saturated carbocycles. The molecular weight excluding hydrogens is 350 g/mol. The van der Waals surface area contributed by atoms with Gasteiger partial charge in [-0.2, -0.15) is 0 Å². The SMILES string of the molecule is CCN(CC)c1ccc(Nc2ncc(C(=O)N3CCC(C)CC3)cn2)c(C)c1. The van der Waals surface area contributed by atoms with Crippen LogP contribution in [0.3, 0.4) is 0 Å². The minimum Gasteiger partial charge on any atom is -0.372 e. The molecule has 1 aliphatic heterocycles. The molecule has 1 saturated heterocycles. The van der Waals surface area contributed by atoms with Crippen LogP contribution in [-0.4, -0.2) is 47.0 Å². The highest BCUT2D eigenvalue weighted by Crippen LogP contribution is 2.24. The summed E-state index contributed by atoms with van der Waals surface area (Å²) in [7, 11) is 0. The first-order chi connectivity index (χ1) is 13.5. The maximum Gasteiger partial charge on any atom is 0.256 e. The number of aromatic nitrogens is 2. The number of rotatable bonds is 6. The lowest BCUT2D eigenvalue weighted by Crippen LogP contribution is -2.38. The Morgan fingerprint density at radius 3 is 2.39 bits per heavy atom. The lowest BCUT2D eigenvalue weighted by molar-refractivity contribution is 0.0696. The van der Waals surface area contributed by atoms with Crippen molar-refractivity contribution in [3.63, 3.8) is 0 Å². The molecule has 1 aromatic carbocycles. The van der Waals surface area contributed by atoms with Crippen molar-refractivity contribution in [3.05, 3.63) is 41.7 Å². The lowest BCUT2D eigenvalue weighted by Gasteiger charge is -2.30. The fourth-order valence-corrected chi connectivity index (χ4v) is 3.59. The summed E-state index contributed by atoms with van der Waals surface area (Å²) in [6.07, 6.45) is 5.37. The van der Waals surface area contributed by atoms with Crippen molar-refractivity contribution >= 4 is 23.2 Å². The Balaban J connectivity index is 1.66. The number of carbonyl (C=O) groups is 1. The molecule has 1 N–H and O–H groups in total. The van der Waals surface area contributed by atoms with Crippen LogP contribution >= 0.6 is 0 Å². The molecule has 2 heterocycles. The van der Waals surface area contributed by atoms with Gasteiger partial charge in [-0.25, -0.2) is 9.97 Å². The van der Waals surface area contributed by atoms with Crippen LogP contribution in [0.25, 0.3) is 0 Å². The van der Waals surface area contributed by atoms with E-state index >= 15 is 0 Å². The largest absolute Gasteiger partial charge is 0.372 e. The van der Waals surface area contributed by atoms with E-state index in [1.54, 1.807) is 12.4 Å². The molecule has 0 aliphatic carbocycles. The fourth-order valence-electron chi connectivity index (χ4n) is 3.59. The van der Waals surface area contributed by atoms with Gasteiger partial charge in [-0.3, -0.25) is 4.79 Å². The van der Waals surface area contributed by atoms with Crippen molar-refractivity contribution in [1.29, 1.82) is 0 Å². The van der Waals surface area contributed by atoms with E-state index in [1.807, 2.05) is 4.90 Å². The standard InChI is InChI=1S/C22H31N5O/c1-5-26(6-2)19-7-8-20(17(4)13-19)25-22-23-14-18(15-24-22)21(28)27-11-9-16(3)10-12-27/h7-8,13-16H,5-6,9-12H2,1-4H3,(H,23,24,25). The molecule has 150 valence electrons. The molecule has 0 atom stereocenters. The van der Waals surface area contributed by atoms with Crippen molar-refractivity contribution in [1.82, 2.24) is 14.9 Å². The molecule has 0 bridgehead atoms. The molecular formula is C22H31N5O. The Hall–Kier alpha value is -2.63. The lowest BCUT2D eigenvalue weighted by atomic mass is 9.99. The zero-order valence-electron chi connectivity index (χ0n) is 17.4. The summed E-state index contributed by atoms with van der Waals surface area (Å²) >= 11 is 0. The predicted octanol–water partition coefficient (Wildman–Crippen LogP) is 4.25. The molecule has 6 nitrogen and oxygen atoms in total. The number of carbonyl (C=O) groups excluding carboxylic acids is 1. The molecule has 28 heavy (non-hydrogen) atoms. The van der Waals surface area contributed by atoms with Crippen molar-refractivity contribution in [2.45, 2.75) is 40.5 Å². The maximum atomic E-state index is 12.6. The summed E-state index contributed by atoms with van der Waals surface area (Å²) < 4.78 is 0. The molecule has 1 aromatic heterocycles. The van der Waals surface area contributed by atoms with Crippen LogP contribution < -0.4 is 10.2 Å². The minimum absolute atomic E-state index is 0.0261. The Labute approximate surface area is 168 Å². The summed E-state index contributed by atoms with van der Waals surface area (Å²) in [5.41, 5.74) is 3.87. The Morgan fingerprint density at radius 1 is 1.18 bits per heavy atom. The van der Waals surface area contributed by atoms with Gasteiger partial charge in [0, 0.05) is 49.9 Å². The maximum absolute atomic E-state index is 12.6. The van der Waals surface area contributed by atoms with Gasteiger partial charge in [-0.15, -0.1) is 0 Å². The first-order valence-electron chi connectivity index (χ1n) is 10.3. The van der Waals surface area contributed by atoms with Gasteiger partial charge >= 0.3 is 0 Å². The van der Waals surface area contributed by atoms with Gasteiger partial charge in [0.15, 0.2) is 0 Å². The number of likely N-dealkylation sites (tertiary alicyclic amines) is 1. The van der Waals surface area contributed by atoms with Crippen LogP contribution in [0.1, 0.15) is 49.5 Å². The van der Waals surface area contributed by atoms with E-state index in [2.05, 4.69) is 66.1 Å². The molecule has 1 aliphatic rings. The molecule has 0 radical (unpaired) electrons. The summed E-state index contributed by atoms with van der Waals surface area (Å²) in [5, 5.41) is 3.26. The predicted molar refractivity (Wildman–Crippen MR) is 114 cm³/mol. The monoisotopic (exact) mass is 381 g/mol. The normalized spacial score (nSPS) is 14.8. The zero-order valence-corrected chi connectivity index (χ0v) is 17.4. The fraction of sp³-hybridized carbons (Fsp3) is 0.500. The van der Waals surface area contributed by atoms with Crippen LogP contribution in [0, 0.1) is 12.8 Å². The van der Waals surface area contributed by atoms with E-state index in [0.717, 1.165) is 50.3 Å². The second-order valence-corrected chi connectivity index (χ2v) is 7.57. The quantitative estimate of drug-likeness (QED) is 0.811. The van der Waals surface area contributed by atoms with E-state index in [1.165, 1.54) is 5.69 Å². The van der Waals surface area contributed by atoms with Crippen LogP contribution in [0.4, 0.5) is 17.3 Å². The van der Waals surface area contributed by atoms with Crippen molar-refractivity contribution in [2.75, 3.05) is 36.4 Å². The minimum atomic E-state index is 0.0261. The summed E-state index contributed by atoms with van der Waals surface area (Å²) in [4.78, 5) is 25.5. The third-order valence-electron chi connectivity index (χ3n) is 5.55. The zero-order chi connectivity index (χ0) is 20.1. The number of hydrogen-bond acceptors (Lipinski definition) is 5. The number of nitrogens with one attached hydrogen (secondary N) is 1. The van der Waals surface area contributed by atoms with Crippen LogP contribution in [0.2, 0.25) is 0 Å². The average Bonchev–Trinajstić information content (AvgIpc) is 2.71. The topological polar surface area (TPSA) is 61.4 Å². The van der Waals surface area contributed by atoms with Crippen LogP contribution in [0.15, 0.2) is 30.6 Å². The van der Waals surface area contributed by atoms with E-state index in [9.17, 15) is 4.79 Å². The number of piperidine rings is 1. The van der Waals surface area contributed by atoms with Crippen LogP contribution in [0.5, 0.6) is 0 Å². The van der Waals surface area contributed by atoms with E-state index in [-0.39, 0.29) is 5.91 Å². The molecule has 0 unspecified atom stereocenters. The van der Waals surface area contributed by atoms with Gasteiger partial charge in [0.25, 0.3) is 5.91 Å². The number of benzene rings is 1. The summed E-state index contributed by atoms with van der Waals surface area (Å²) in [6.45, 7) is 12.2. The first-order valence-corrected chi connectivity index (χ1v) is 10.3. The second-order valence-electron chi connectivity index (χ2n) is 7.57. The van der Waals surface area contributed by atoms with Crippen molar-refractivity contribution in [2.24, 2.45) is 5.92 Å². The smallest absolute Gasteiger partial charge is 0.256 e. The van der Waals surface area contributed by atoms with Gasteiger partial charge in [-0.1, -0.05) is 6.92 Å². The van der Waals surface area contributed by atoms with E-state index < -0.39 is 0 Å². The molecule has 1 amide bonds. The number of nitrogens with zero attached hydrogens (tertiary/aromatic N) is 4. The molecule has 2 aromatic rings. The van der Waals surface area contributed by atoms with Crippen molar-refractivity contribution in [3.8, 4) is 0 Å². The summed E-state index contributed by atoms with van der Waals surface area (Å²) in [6, 6.07) is 6.34. The third kappa shape index (κ3) is 4.61. The third-order valence-corrected chi connectivity index (χ3v) is 5.55. The van der Waals surface area contributed by atoms with E-state index in [4.69, 9.17) is 0 Å². The highest BCUT2D eigenvalue weighted by molar-refractivity contribution is 5.93.